The van der Waals surface area contributed by atoms with Gasteiger partial charge in [0.1, 0.15) is 34.5 Å². The molecule has 0 radical (unpaired) electrons. The Kier molecular flexibility index (Phi) is 14.3. The van der Waals surface area contributed by atoms with Gasteiger partial charge in [0, 0.05) is 33.4 Å². The van der Waals surface area contributed by atoms with Crippen LogP contribution >= 0.6 is 0 Å². The zero-order chi connectivity index (χ0) is 40.3. The summed E-state index contributed by atoms with van der Waals surface area (Å²) in [5.74, 6) is 2.29. The molecule has 0 unspecified atom stereocenters. The summed E-state index contributed by atoms with van der Waals surface area (Å²) < 4.78 is 5.33. The molecule has 0 saturated heterocycles. The Morgan fingerprint density at radius 3 is 0.843 bits per heavy atom. The number of phenolic OH excluding ortho intramolecular Hbond substituents is 5. The Morgan fingerprint density at radius 2 is 0.627 bits per heavy atom. The topological polar surface area (TPSA) is 110 Å². The molecule has 0 saturated carbocycles. The van der Waals surface area contributed by atoms with Gasteiger partial charge in [0.25, 0.3) is 0 Å². The highest BCUT2D eigenvalue weighted by molar-refractivity contribution is 5.53. The van der Waals surface area contributed by atoms with Crippen LogP contribution < -0.4 is 4.74 Å². The van der Waals surface area contributed by atoms with E-state index in [0.29, 0.717) is 5.75 Å². The van der Waals surface area contributed by atoms with Gasteiger partial charge in [-0.2, -0.15) is 0 Å². The van der Waals surface area contributed by atoms with Gasteiger partial charge in [0.2, 0.25) is 0 Å². The molecule has 0 aliphatic rings. The zero-order valence-electron chi connectivity index (χ0n) is 35.5. The maximum absolute atomic E-state index is 10.4. The molecule has 6 heteroatoms. The second-order valence-electron chi connectivity index (χ2n) is 19.3. The monoisotopic (exact) mass is 709 g/mol. The molecule has 0 amide bonds. The zero-order valence-corrected chi connectivity index (χ0v) is 35.5. The van der Waals surface area contributed by atoms with Crippen molar-refractivity contribution in [3.63, 3.8) is 0 Å². The number of hydrogen-bond acceptors (Lipinski definition) is 6. The van der Waals surface area contributed by atoms with Crippen LogP contribution in [0.2, 0.25) is 0 Å². The third kappa shape index (κ3) is 11.7. The summed E-state index contributed by atoms with van der Waals surface area (Å²) in [6, 6.07) is 10.7. The van der Waals surface area contributed by atoms with E-state index in [1.54, 1.807) is 31.4 Å². The normalized spacial score (nSPS) is 12.8. The largest absolute Gasteiger partial charge is 0.508 e. The maximum atomic E-state index is 10.4. The highest BCUT2D eigenvalue weighted by atomic mass is 16.5. The summed E-state index contributed by atoms with van der Waals surface area (Å²) >= 11 is 0. The highest BCUT2D eigenvalue weighted by Crippen LogP contribution is 2.44. The number of benzene rings is 3. The first kappa shape index (κ1) is 45.5. The second kappa shape index (κ2) is 16.0. The molecule has 0 heterocycles. The van der Waals surface area contributed by atoms with Crippen LogP contribution in [-0.4, -0.2) is 32.6 Å². The molecule has 0 aromatic heterocycles. The minimum absolute atomic E-state index is 0.0986. The molecule has 3 aromatic rings. The van der Waals surface area contributed by atoms with Crippen molar-refractivity contribution in [1.82, 2.24) is 0 Å². The first-order chi connectivity index (χ1) is 22.8. The molecular weight excluding hydrogens is 636 g/mol. The number of phenols is 5. The Bertz CT molecular complexity index is 1500. The van der Waals surface area contributed by atoms with Gasteiger partial charge in [0.15, 0.2) is 0 Å². The smallest absolute Gasteiger partial charge is 0.123 e. The standard InChI is InChI=1S/C16H26O2.C15H24O2.C14H22O2/c1-7-15(3,4)11-9-14(18)12(10-13(11)17)16(5,6)8-2;1-14(2,3)11-8-10(17-7)9-12(13(11)16)15(4,5)6;1-13(2,3)9-7-12(16)10(8-11(9)15)14(4,5)6/h9-10,17-18H,7-8H2,1-6H3;8-9,16H,1-7H3;7-8,15-16H,1-6H3. The Morgan fingerprint density at radius 1 is 0.392 bits per heavy atom. The molecule has 0 bridgehead atoms. The molecular formula is C45H72O6. The maximum Gasteiger partial charge on any atom is 0.123 e. The van der Waals surface area contributed by atoms with Crippen LogP contribution in [0.5, 0.6) is 34.5 Å². The predicted molar refractivity (Wildman–Crippen MR) is 216 cm³/mol. The lowest BCUT2D eigenvalue weighted by Crippen LogP contribution is -2.19. The van der Waals surface area contributed by atoms with Crippen molar-refractivity contribution < 1.29 is 30.3 Å². The van der Waals surface area contributed by atoms with E-state index in [0.717, 1.165) is 52.0 Å². The molecule has 51 heavy (non-hydrogen) atoms. The first-order valence-electron chi connectivity index (χ1n) is 18.3. The van der Waals surface area contributed by atoms with Crippen molar-refractivity contribution >= 4 is 0 Å². The minimum Gasteiger partial charge on any atom is -0.508 e. The number of methoxy groups -OCH3 is 1. The minimum atomic E-state index is -0.169. The molecule has 0 spiro atoms. The summed E-state index contributed by atoms with van der Waals surface area (Å²) in [6.45, 7) is 37.1. The third-order valence-electron chi connectivity index (χ3n) is 10.0. The van der Waals surface area contributed by atoms with Crippen LogP contribution in [0.3, 0.4) is 0 Å². The lowest BCUT2D eigenvalue weighted by molar-refractivity contribution is 0.395. The van der Waals surface area contributed by atoms with Crippen molar-refractivity contribution in [3.05, 3.63) is 69.8 Å². The van der Waals surface area contributed by atoms with Crippen molar-refractivity contribution in [2.45, 2.75) is 170 Å². The molecule has 3 aromatic carbocycles. The van der Waals surface area contributed by atoms with Crippen LogP contribution in [0.25, 0.3) is 0 Å². The lowest BCUT2D eigenvalue weighted by atomic mass is 9.77. The Hall–Kier alpha value is -3.54. The van der Waals surface area contributed by atoms with Gasteiger partial charge in [-0.3, -0.25) is 0 Å². The van der Waals surface area contributed by atoms with E-state index >= 15 is 0 Å². The number of rotatable bonds is 5. The average molecular weight is 709 g/mol. The Labute approximate surface area is 310 Å². The molecule has 0 atom stereocenters. The molecule has 3 rings (SSSR count). The molecule has 288 valence electrons. The quantitative estimate of drug-likeness (QED) is 0.169. The van der Waals surface area contributed by atoms with Gasteiger partial charge in [-0.1, -0.05) is 125 Å². The van der Waals surface area contributed by atoms with E-state index in [1.807, 2.05) is 53.7 Å². The van der Waals surface area contributed by atoms with Crippen LogP contribution in [0.15, 0.2) is 36.4 Å². The predicted octanol–water partition coefficient (Wildman–Crippen LogP) is 12.2. The van der Waals surface area contributed by atoms with E-state index < -0.39 is 0 Å². The van der Waals surface area contributed by atoms with Crippen molar-refractivity contribution in [2.75, 3.05) is 7.11 Å². The molecule has 0 aliphatic carbocycles. The number of ether oxygens (including phenoxy) is 1. The van der Waals surface area contributed by atoms with Gasteiger partial charge >= 0.3 is 0 Å². The van der Waals surface area contributed by atoms with Crippen molar-refractivity contribution in [1.29, 1.82) is 0 Å². The fourth-order valence-electron chi connectivity index (χ4n) is 5.69. The Balaban J connectivity index is 0.000000383. The van der Waals surface area contributed by atoms with E-state index in [1.165, 1.54) is 0 Å². The van der Waals surface area contributed by atoms with E-state index in [2.05, 4.69) is 83.1 Å². The number of hydrogen-bond donors (Lipinski definition) is 5. The van der Waals surface area contributed by atoms with Gasteiger partial charge in [-0.15, -0.1) is 0 Å². The molecule has 0 aliphatic heterocycles. The van der Waals surface area contributed by atoms with Crippen LogP contribution in [0.1, 0.15) is 171 Å². The second-order valence-corrected chi connectivity index (χ2v) is 19.3. The summed E-state index contributed by atoms with van der Waals surface area (Å²) in [4.78, 5) is 0. The van der Waals surface area contributed by atoms with E-state index in [9.17, 15) is 25.5 Å². The fourth-order valence-corrected chi connectivity index (χ4v) is 5.69. The summed E-state index contributed by atoms with van der Waals surface area (Å²) in [6.07, 6.45) is 1.83. The van der Waals surface area contributed by atoms with E-state index in [-0.39, 0.29) is 55.5 Å². The highest BCUT2D eigenvalue weighted by Gasteiger charge is 2.29. The van der Waals surface area contributed by atoms with Crippen LogP contribution in [-0.2, 0) is 32.5 Å². The summed E-state index contributed by atoms with van der Waals surface area (Å²) in [5, 5.41) is 50.9. The van der Waals surface area contributed by atoms with Crippen LogP contribution in [0.4, 0.5) is 0 Å². The van der Waals surface area contributed by atoms with Gasteiger partial charge in [0.05, 0.1) is 7.11 Å². The van der Waals surface area contributed by atoms with Crippen molar-refractivity contribution in [2.24, 2.45) is 0 Å². The number of aromatic hydroxyl groups is 5. The van der Waals surface area contributed by atoms with Gasteiger partial charge in [-0.25, -0.2) is 0 Å². The van der Waals surface area contributed by atoms with E-state index in [4.69, 9.17) is 4.74 Å². The summed E-state index contributed by atoms with van der Waals surface area (Å²) in [7, 11) is 1.66. The van der Waals surface area contributed by atoms with Crippen LogP contribution in [0, 0.1) is 0 Å². The molecule has 5 N–H and O–H groups in total. The lowest BCUT2D eigenvalue weighted by Gasteiger charge is -2.29. The molecule has 6 nitrogen and oxygen atoms in total. The fraction of sp³-hybridized carbons (Fsp3) is 0.600. The van der Waals surface area contributed by atoms with Crippen molar-refractivity contribution in [3.8, 4) is 34.5 Å². The third-order valence-corrected chi connectivity index (χ3v) is 10.0. The summed E-state index contributed by atoms with van der Waals surface area (Å²) in [5.41, 5.74) is 4.26. The van der Waals surface area contributed by atoms with Gasteiger partial charge < -0.3 is 30.3 Å². The average Bonchev–Trinajstić information content (AvgIpc) is 2.97. The van der Waals surface area contributed by atoms with Gasteiger partial charge in [-0.05, 0) is 81.7 Å². The SMILES string of the molecule is CC(C)(C)c1cc(O)c(C(C)(C)C)cc1O.CCC(C)(C)c1cc(O)c(C(C)(C)CC)cc1O.COc1cc(C(C)(C)C)c(O)c(C(C)(C)C)c1. The molecule has 0 fully saturated rings. The first-order valence-corrected chi connectivity index (χ1v) is 18.3.